The summed E-state index contributed by atoms with van der Waals surface area (Å²) in [6.07, 6.45) is 5.49. The lowest BCUT2D eigenvalue weighted by molar-refractivity contribution is -0.135. The van der Waals surface area contributed by atoms with Crippen molar-refractivity contribution in [3.05, 3.63) is 40.3 Å². The van der Waals surface area contributed by atoms with Crippen molar-refractivity contribution >= 4 is 23.4 Å². The lowest BCUT2D eigenvalue weighted by Gasteiger charge is -2.32. The predicted molar refractivity (Wildman–Crippen MR) is 116 cm³/mol. The minimum atomic E-state index is -0.633. The molecule has 2 amide bonds. The van der Waals surface area contributed by atoms with Gasteiger partial charge in [0.25, 0.3) is 5.91 Å². The zero-order chi connectivity index (χ0) is 22.7. The Kier molecular flexibility index (Phi) is 5.05. The number of hydrogen-bond acceptors (Lipinski definition) is 4. The number of halogens is 2. The molecule has 5 rings (SSSR count). The number of ether oxygens (including phenoxy) is 1. The third-order valence-corrected chi connectivity index (χ3v) is 7.94. The Labute approximate surface area is 190 Å². The first-order valence-electron chi connectivity index (χ1n) is 10.9. The number of primary amides is 1. The van der Waals surface area contributed by atoms with Gasteiger partial charge in [0.05, 0.1) is 35.0 Å². The molecule has 2 saturated carbocycles. The summed E-state index contributed by atoms with van der Waals surface area (Å²) in [6.45, 7) is 1.25. The van der Waals surface area contributed by atoms with Gasteiger partial charge in [-0.15, -0.1) is 0 Å². The fraction of sp³-hybridized carbons (Fsp3) is 0.522. The minimum Gasteiger partial charge on any atom is -0.378 e. The van der Waals surface area contributed by atoms with Crippen molar-refractivity contribution in [1.29, 1.82) is 0 Å². The molecule has 32 heavy (non-hydrogen) atoms. The molecule has 7 nitrogen and oxygen atoms in total. The van der Waals surface area contributed by atoms with Crippen LogP contribution < -0.4 is 5.73 Å². The molecule has 2 bridgehead atoms. The van der Waals surface area contributed by atoms with Crippen LogP contribution in [0.5, 0.6) is 0 Å². The molecule has 0 saturated heterocycles. The van der Waals surface area contributed by atoms with Gasteiger partial charge in [-0.3, -0.25) is 14.3 Å². The molecule has 3 aliphatic rings. The summed E-state index contributed by atoms with van der Waals surface area (Å²) < 4.78 is 21.1. The monoisotopic (exact) mass is 460 g/mol. The average Bonchev–Trinajstić information content (AvgIpc) is 3.44. The van der Waals surface area contributed by atoms with Crippen molar-refractivity contribution in [3.63, 3.8) is 0 Å². The molecule has 170 valence electrons. The van der Waals surface area contributed by atoms with E-state index in [2.05, 4.69) is 5.10 Å². The number of aromatic nitrogens is 2. The van der Waals surface area contributed by atoms with Gasteiger partial charge in [0, 0.05) is 25.6 Å². The van der Waals surface area contributed by atoms with E-state index in [9.17, 15) is 14.0 Å². The number of nitrogens with two attached hydrogens (primary N) is 1. The zero-order valence-electron chi connectivity index (χ0n) is 18.0. The predicted octanol–water partition coefficient (Wildman–Crippen LogP) is 3.52. The molecule has 0 atom stereocenters. The lowest BCUT2D eigenvalue weighted by atomic mass is 9.80. The fourth-order valence-corrected chi connectivity index (χ4v) is 6.04. The topological polar surface area (TPSA) is 90.4 Å². The van der Waals surface area contributed by atoms with E-state index in [-0.39, 0.29) is 34.1 Å². The van der Waals surface area contributed by atoms with Crippen LogP contribution in [0.15, 0.2) is 18.2 Å². The van der Waals surface area contributed by atoms with Crippen LogP contribution in [0.4, 0.5) is 4.39 Å². The molecular weight excluding hydrogens is 435 g/mol. The molecule has 0 radical (unpaired) electrons. The molecule has 1 aliphatic heterocycles. The van der Waals surface area contributed by atoms with Gasteiger partial charge in [-0.05, 0) is 55.7 Å². The van der Waals surface area contributed by atoms with Crippen LogP contribution in [0.25, 0.3) is 11.3 Å². The van der Waals surface area contributed by atoms with Crippen molar-refractivity contribution in [1.82, 2.24) is 14.7 Å². The number of nitrogens with zero attached hydrogens (tertiary/aromatic N) is 3. The Balaban J connectivity index is 1.40. The summed E-state index contributed by atoms with van der Waals surface area (Å²) in [5.74, 6) is -1.09. The standard InChI is InChI=1S/C23H26ClFN4O3/c1-32-23-6-4-22(13-23,5-7-23)11-18(30)28-8-9-29-17(12-28)19(21(26)31)20(27-29)14-2-3-16(25)15(24)10-14/h2-3,10H,4-9,11-13H2,1H3,(H2,26,31). The molecule has 0 spiro atoms. The highest BCUT2D eigenvalue weighted by Gasteiger charge is 2.55. The summed E-state index contributed by atoms with van der Waals surface area (Å²) in [4.78, 5) is 27.4. The van der Waals surface area contributed by atoms with Crippen molar-refractivity contribution in [2.24, 2.45) is 11.1 Å². The van der Waals surface area contributed by atoms with Gasteiger partial charge in [0.15, 0.2) is 0 Å². The van der Waals surface area contributed by atoms with Crippen molar-refractivity contribution < 1.29 is 18.7 Å². The van der Waals surface area contributed by atoms with Crippen molar-refractivity contribution in [3.8, 4) is 11.3 Å². The molecule has 9 heteroatoms. The maximum Gasteiger partial charge on any atom is 0.252 e. The second-order valence-electron chi connectivity index (χ2n) is 9.44. The number of fused-ring (bicyclic) bond motifs is 3. The van der Waals surface area contributed by atoms with Crippen LogP contribution in [-0.2, 0) is 22.6 Å². The second-order valence-corrected chi connectivity index (χ2v) is 9.85. The van der Waals surface area contributed by atoms with E-state index >= 15 is 0 Å². The summed E-state index contributed by atoms with van der Waals surface area (Å²) in [5.41, 5.74) is 7.40. The molecule has 1 aromatic heterocycles. The van der Waals surface area contributed by atoms with E-state index in [0.29, 0.717) is 36.5 Å². The summed E-state index contributed by atoms with van der Waals surface area (Å²) in [7, 11) is 1.77. The van der Waals surface area contributed by atoms with Crippen LogP contribution in [0.3, 0.4) is 0 Å². The summed E-state index contributed by atoms with van der Waals surface area (Å²) >= 11 is 5.93. The number of carbonyl (C=O) groups is 2. The Bertz CT molecular complexity index is 1110. The van der Waals surface area contributed by atoms with E-state index in [1.165, 1.54) is 18.2 Å². The quantitative estimate of drug-likeness (QED) is 0.739. The Morgan fingerprint density at radius 1 is 1.25 bits per heavy atom. The van der Waals surface area contributed by atoms with E-state index in [0.717, 1.165) is 32.1 Å². The Morgan fingerprint density at radius 3 is 2.62 bits per heavy atom. The van der Waals surface area contributed by atoms with E-state index in [1.54, 1.807) is 16.7 Å². The molecule has 2 aliphatic carbocycles. The van der Waals surface area contributed by atoms with Gasteiger partial charge >= 0.3 is 0 Å². The Morgan fingerprint density at radius 2 is 2.00 bits per heavy atom. The van der Waals surface area contributed by atoms with Crippen LogP contribution in [-0.4, -0.2) is 45.8 Å². The van der Waals surface area contributed by atoms with Crippen LogP contribution >= 0.6 is 11.6 Å². The van der Waals surface area contributed by atoms with Crippen LogP contribution in [0.1, 0.15) is 54.6 Å². The molecule has 2 aromatic rings. The van der Waals surface area contributed by atoms with Gasteiger partial charge in [0.1, 0.15) is 11.5 Å². The molecule has 0 unspecified atom stereocenters. The molecule has 2 fully saturated rings. The van der Waals surface area contributed by atoms with Crippen LogP contribution in [0, 0.1) is 11.2 Å². The number of amides is 2. The van der Waals surface area contributed by atoms with Gasteiger partial charge in [-0.2, -0.15) is 5.10 Å². The maximum absolute atomic E-state index is 13.6. The van der Waals surface area contributed by atoms with Gasteiger partial charge in [0.2, 0.25) is 5.91 Å². The Hall–Kier alpha value is -2.45. The normalized spacial score (nSPS) is 26.4. The third-order valence-electron chi connectivity index (χ3n) is 7.65. The molecule has 1 aromatic carbocycles. The van der Waals surface area contributed by atoms with Crippen molar-refractivity contribution in [2.75, 3.05) is 13.7 Å². The maximum atomic E-state index is 13.6. The van der Waals surface area contributed by atoms with Gasteiger partial charge in [-0.25, -0.2) is 4.39 Å². The average molecular weight is 461 g/mol. The largest absolute Gasteiger partial charge is 0.378 e. The second kappa shape index (κ2) is 7.56. The molecular formula is C23H26ClFN4O3. The molecule has 2 heterocycles. The highest BCUT2D eigenvalue weighted by atomic mass is 35.5. The minimum absolute atomic E-state index is 0.0212. The summed E-state index contributed by atoms with van der Waals surface area (Å²) in [5, 5.41) is 4.49. The first-order valence-corrected chi connectivity index (χ1v) is 11.3. The first-order chi connectivity index (χ1) is 15.2. The number of carbonyl (C=O) groups excluding carboxylic acids is 2. The first kappa shape index (κ1) is 21.4. The summed E-state index contributed by atoms with van der Waals surface area (Å²) in [6, 6.07) is 4.19. The molecule has 2 N–H and O–H groups in total. The van der Waals surface area contributed by atoms with Gasteiger partial charge < -0.3 is 15.4 Å². The zero-order valence-corrected chi connectivity index (χ0v) is 18.8. The number of methoxy groups -OCH3 is 1. The third kappa shape index (κ3) is 3.40. The van der Waals surface area contributed by atoms with E-state index < -0.39 is 11.7 Å². The number of rotatable bonds is 5. The SMILES string of the molecule is COC12CCC(CC(=O)N3CCn4nc(-c5ccc(F)c(Cl)c5)c(C(N)=O)c4C3)(CC1)C2. The van der Waals surface area contributed by atoms with Gasteiger partial charge in [-0.1, -0.05) is 11.6 Å². The number of benzene rings is 1. The fourth-order valence-electron chi connectivity index (χ4n) is 5.86. The lowest BCUT2D eigenvalue weighted by Crippen LogP contribution is -2.41. The van der Waals surface area contributed by atoms with Crippen LogP contribution in [0.2, 0.25) is 5.02 Å². The van der Waals surface area contributed by atoms with E-state index in [1.807, 2.05) is 0 Å². The van der Waals surface area contributed by atoms with E-state index in [4.69, 9.17) is 22.1 Å². The highest BCUT2D eigenvalue weighted by molar-refractivity contribution is 6.31. The van der Waals surface area contributed by atoms with Crippen molar-refractivity contribution in [2.45, 2.75) is 57.2 Å². The smallest absolute Gasteiger partial charge is 0.252 e. The highest BCUT2D eigenvalue weighted by Crippen LogP contribution is 2.59. The number of hydrogen-bond donors (Lipinski definition) is 1.